The van der Waals surface area contributed by atoms with Crippen LogP contribution in [0.2, 0.25) is 0 Å². The molecule has 27 heavy (non-hydrogen) atoms. The first-order chi connectivity index (χ1) is 13.1. The zero-order chi connectivity index (χ0) is 19.1. The number of rotatable bonds is 7. The van der Waals surface area contributed by atoms with Crippen molar-refractivity contribution in [1.82, 2.24) is 5.32 Å². The number of benzene rings is 2. The summed E-state index contributed by atoms with van der Waals surface area (Å²) >= 11 is 0. The van der Waals surface area contributed by atoms with Gasteiger partial charge < -0.3 is 19.9 Å². The van der Waals surface area contributed by atoms with E-state index in [0.717, 1.165) is 12.8 Å². The Morgan fingerprint density at radius 1 is 1.07 bits per heavy atom. The van der Waals surface area contributed by atoms with Crippen LogP contribution >= 0.6 is 0 Å². The highest BCUT2D eigenvalue weighted by molar-refractivity contribution is 5.94. The van der Waals surface area contributed by atoms with Crippen molar-refractivity contribution in [2.24, 2.45) is 0 Å². The Morgan fingerprint density at radius 2 is 1.74 bits per heavy atom. The lowest BCUT2D eigenvalue weighted by Gasteiger charge is -2.23. The zero-order valence-corrected chi connectivity index (χ0v) is 15.0. The number of carboxylic acids is 1. The van der Waals surface area contributed by atoms with Crippen LogP contribution in [0.15, 0.2) is 54.6 Å². The molecule has 2 aromatic rings. The number of hydrogen-bond acceptors (Lipinski definition) is 4. The van der Waals surface area contributed by atoms with Gasteiger partial charge in [0.1, 0.15) is 11.9 Å². The SMILES string of the molecule is O=C(NCC(C(=O)O)c1ccccc1)c1ccc(OC2CCOCC2)cc1. The van der Waals surface area contributed by atoms with E-state index in [0.29, 0.717) is 30.1 Å². The molecule has 1 aliphatic rings. The highest BCUT2D eigenvalue weighted by Gasteiger charge is 2.21. The van der Waals surface area contributed by atoms with E-state index in [1.165, 1.54) is 0 Å². The van der Waals surface area contributed by atoms with Gasteiger partial charge in [-0.1, -0.05) is 30.3 Å². The predicted octanol–water partition coefficient (Wildman–Crippen LogP) is 2.84. The molecule has 0 radical (unpaired) electrons. The van der Waals surface area contributed by atoms with Crippen LogP contribution in [-0.4, -0.2) is 42.8 Å². The van der Waals surface area contributed by atoms with Crippen molar-refractivity contribution in [1.29, 1.82) is 0 Å². The Morgan fingerprint density at radius 3 is 2.37 bits per heavy atom. The van der Waals surface area contributed by atoms with Crippen molar-refractivity contribution in [3.8, 4) is 5.75 Å². The highest BCUT2D eigenvalue weighted by atomic mass is 16.5. The maximum absolute atomic E-state index is 12.3. The number of nitrogens with one attached hydrogen (secondary N) is 1. The molecule has 2 aromatic carbocycles. The maximum Gasteiger partial charge on any atom is 0.312 e. The van der Waals surface area contributed by atoms with E-state index < -0.39 is 11.9 Å². The molecule has 0 aliphatic carbocycles. The van der Waals surface area contributed by atoms with Gasteiger partial charge in [-0.05, 0) is 29.8 Å². The second kappa shape index (κ2) is 9.19. The molecule has 0 bridgehead atoms. The first kappa shape index (κ1) is 18.9. The molecule has 1 amide bonds. The van der Waals surface area contributed by atoms with E-state index in [2.05, 4.69) is 5.32 Å². The molecule has 1 aliphatic heterocycles. The van der Waals surface area contributed by atoms with Gasteiger partial charge in [0.2, 0.25) is 0 Å². The summed E-state index contributed by atoms with van der Waals surface area (Å²) in [6, 6.07) is 15.8. The molecule has 0 aromatic heterocycles. The first-order valence-corrected chi connectivity index (χ1v) is 9.04. The van der Waals surface area contributed by atoms with Crippen molar-refractivity contribution in [3.05, 3.63) is 65.7 Å². The number of carbonyl (C=O) groups excluding carboxylic acids is 1. The van der Waals surface area contributed by atoms with Crippen LogP contribution in [0.25, 0.3) is 0 Å². The smallest absolute Gasteiger partial charge is 0.312 e. The number of amides is 1. The van der Waals surface area contributed by atoms with Gasteiger partial charge in [-0.2, -0.15) is 0 Å². The summed E-state index contributed by atoms with van der Waals surface area (Å²) in [5.74, 6) is -1.35. The number of hydrogen-bond donors (Lipinski definition) is 2. The van der Waals surface area contributed by atoms with Crippen LogP contribution in [0.5, 0.6) is 5.75 Å². The molecule has 6 nitrogen and oxygen atoms in total. The Balaban J connectivity index is 1.56. The minimum Gasteiger partial charge on any atom is -0.490 e. The third-order valence-corrected chi connectivity index (χ3v) is 4.55. The van der Waals surface area contributed by atoms with Gasteiger partial charge in [-0.3, -0.25) is 9.59 Å². The van der Waals surface area contributed by atoms with E-state index in [4.69, 9.17) is 9.47 Å². The molecule has 1 heterocycles. The van der Waals surface area contributed by atoms with Crippen LogP contribution in [0, 0.1) is 0 Å². The molecule has 3 rings (SSSR count). The van der Waals surface area contributed by atoms with Crippen molar-refractivity contribution in [2.45, 2.75) is 24.9 Å². The van der Waals surface area contributed by atoms with Crippen molar-refractivity contribution >= 4 is 11.9 Å². The fourth-order valence-corrected chi connectivity index (χ4v) is 3.00. The Bertz CT molecular complexity index is 754. The van der Waals surface area contributed by atoms with E-state index in [1.807, 2.05) is 6.07 Å². The summed E-state index contributed by atoms with van der Waals surface area (Å²) in [4.78, 5) is 23.8. The molecular formula is C21H23NO5. The quantitative estimate of drug-likeness (QED) is 0.784. The first-order valence-electron chi connectivity index (χ1n) is 9.04. The van der Waals surface area contributed by atoms with Gasteiger partial charge in [0.05, 0.1) is 19.1 Å². The lowest BCUT2D eigenvalue weighted by molar-refractivity contribution is -0.138. The number of carboxylic acid groups (broad SMARTS) is 1. The molecule has 2 N–H and O–H groups in total. The lowest BCUT2D eigenvalue weighted by atomic mass is 9.99. The zero-order valence-electron chi connectivity index (χ0n) is 15.0. The number of ether oxygens (including phenoxy) is 2. The van der Waals surface area contributed by atoms with Gasteiger partial charge in [-0.25, -0.2) is 0 Å². The van der Waals surface area contributed by atoms with Crippen molar-refractivity contribution in [2.75, 3.05) is 19.8 Å². The van der Waals surface area contributed by atoms with Crippen LogP contribution in [0.3, 0.4) is 0 Å². The number of aliphatic carboxylic acids is 1. The van der Waals surface area contributed by atoms with Gasteiger partial charge in [0.25, 0.3) is 5.91 Å². The Labute approximate surface area is 158 Å². The van der Waals surface area contributed by atoms with Gasteiger partial charge >= 0.3 is 5.97 Å². The van der Waals surface area contributed by atoms with E-state index in [-0.39, 0.29) is 18.6 Å². The molecule has 142 valence electrons. The van der Waals surface area contributed by atoms with Crippen LogP contribution in [-0.2, 0) is 9.53 Å². The minimum atomic E-state index is -0.971. The third kappa shape index (κ3) is 5.31. The average molecular weight is 369 g/mol. The summed E-state index contributed by atoms with van der Waals surface area (Å²) < 4.78 is 11.2. The van der Waals surface area contributed by atoms with Gasteiger partial charge in [0, 0.05) is 24.9 Å². The Hall–Kier alpha value is -2.86. The van der Waals surface area contributed by atoms with E-state index >= 15 is 0 Å². The third-order valence-electron chi connectivity index (χ3n) is 4.55. The largest absolute Gasteiger partial charge is 0.490 e. The maximum atomic E-state index is 12.3. The molecule has 0 spiro atoms. The second-order valence-corrected chi connectivity index (χ2v) is 6.47. The normalized spacial score (nSPS) is 15.7. The number of carbonyl (C=O) groups is 2. The molecule has 1 atom stereocenters. The van der Waals surface area contributed by atoms with Crippen LogP contribution in [0.4, 0.5) is 0 Å². The molecule has 1 fully saturated rings. The lowest BCUT2D eigenvalue weighted by Crippen LogP contribution is -2.31. The Kier molecular flexibility index (Phi) is 6.44. The van der Waals surface area contributed by atoms with E-state index in [9.17, 15) is 14.7 Å². The predicted molar refractivity (Wildman–Crippen MR) is 100 cm³/mol. The standard InChI is InChI=1S/C21H23NO5/c23-20(22-14-19(21(24)25)15-4-2-1-3-5-15)16-6-8-17(9-7-16)27-18-10-12-26-13-11-18/h1-9,18-19H,10-14H2,(H,22,23)(H,24,25). The van der Waals surface area contributed by atoms with E-state index in [1.54, 1.807) is 48.5 Å². The topological polar surface area (TPSA) is 84.9 Å². The molecule has 6 heteroatoms. The van der Waals surface area contributed by atoms with Crippen molar-refractivity contribution in [3.63, 3.8) is 0 Å². The van der Waals surface area contributed by atoms with Gasteiger partial charge in [0.15, 0.2) is 0 Å². The minimum absolute atomic E-state index is 0.0263. The average Bonchev–Trinajstić information content (AvgIpc) is 2.70. The molecule has 1 unspecified atom stereocenters. The summed E-state index contributed by atoms with van der Waals surface area (Å²) in [6.07, 6.45) is 1.86. The summed E-state index contributed by atoms with van der Waals surface area (Å²) in [7, 11) is 0. The molecular weight excluding hydrogens is 346 g/mol. The summed E-state index contributed by atoms with van der Waals surface area (Å²) in [5, 5.41) is 12.1. The van der Waals surface area contributed by atoms with Crippen molar-refractivity contribution < 1.29 is 24.2 Å². The van der Waals surface area contributed by atoms with Crippen LogP contribution < -0.4 is 10.1 Å². The fourth-order valence-electron chi connectivity index (χ4n) is 3.00. The van der Waals surface area contributed by atoms with Gasteiger partial charge in [-0.15, -0.1) is 0 Å². The summed E-state index contributed by atoms with van der Waals surface area (Å²) in [5.41, 5.74) is 1.12. The molecule has 1 saturated heterocycles. The van der Waals surface area contributed by atoms with Crippen LogP contribution in [0.1, 0.15) is 34.7 Å². The second-order valence-electron chi connectivity index (χ2n) is 6.47. The monoisotopic (exact) mass is 369 g/mol. The summed E-state index contributed by atoms with van der Waals surface area (Å²) in [6.45, 7) is 1.44. The molecule has 0 saturated carbocycles. The fraction of sp³-hybridized carbons (Fsp3) is 0.333. The highest BCUT2D eigenvalue weighted by Crippen LogP contribution is 2.19.